The van der Waals surface area contributed by atoms with E-state index in [4.69, 9.17) is 10.5 Å². The topological polar surface area (TPSA) is 60.5 Å². The van der Waals surface area contributed by atoms with Crippen molar-refractivity contribution < 1.29 is 22.0 Å². The van der Waals surface area contributed by atoms with Crippen LogP contribution in [-0.4, -0.2) is 4.98 Å². The molecule has 0 saturated carbocycles. The van der Waals surface area contributed by atoms with Crippen LogP contribution in [0.1, 0.15) is 28.9 Å². The van der Waals surface area contributed by atoms with E-state index < -0.39 is 41.5 Å². The number of hydrogen-bond acceptors (Lipinski definition) is 3. The first-order chi connectivity index (χ1) is 8.31. The molecule has 0 bridgehead atoms. The molecule has 0 aliphatic heterocycles. The number of aromatic nitrogens is 1. The van der Waals surface area contributed by atoms with Gasteiger partial charge in [0.1, 0.15) is 11.4 Å². The number of hydrogen-bond donors (Lipinski definition) is 0. The van der Waals surface area contributed by atoms with Crippen molar-refractivity contribution in [2.45, 2.75) is 19.0 Å². The Morgan fingerprint density at radius 2 is 1.89 bits per heavy atom. The van der Waals surface area contributed by atoms with Gasteiger partial charge >= 0.3 is 6.18 Å². The summed E-state index contributed by atoms with van der Waals surface area (Å²) in [6.07, 6.45) is -8.82. The molecule has 1 rings (SSSR count). The second kappa shape index (κ2) is 4.96. The molecule has 0 N–H and O–H groups in total. The van der Waals surface area contributed by atoms with Crippen molar-refractivity contribution in [1.29, 1.82) is 10.5 Å². The lowest BCUT2D eigenvalue weighted by atomic mass is 10.0. The number of alkyl halides is 5. The summed E-state index contributed by atoms with van der Waals surface area (Å²) in [6, 6.07) is 3.23. The highest BCUT2D eigenvalue weighted by Crippen LogP contribution is 2.32. The van der Waals surface area contributed by atoms with Gasteiger partial charge in [0, 0.05) is 5.56 Å². The lowest BCUT2D eigenvalue weighted by Crippen LogP contribution is -2.13. The first-order valence-corrected chi connectivity index (χ1v) is 4.47. The average molecular weight is 261 g/mol. The Morgan fingerprint density at radius 1 is 1.28 bits per heavy atom. The van der Waals surface area contributed by atoms with Gasteiger partial charge in [-0.15, -0.1) is 0 Å². The van der Waals surface area contributed by atoms with Gasteiger partial charge in [-0.1, -0.05) is 0 Å². The van der Waals surface area contributed by atoms with Gasteiger partial charge in [0.25, 0.3) is 6.43 Å². The monoisotopic (exact) mass is 261 g/mol. The van der Waals surface area contributed by atoms with E-state index in [-0.39, 0.29) is 0 Å². The normalized spacial score (nSPS) is 11.1. The number of halogens is 5. The molecular weight excluding hydrogens is 257 g/mol. The summed E-state index contributed by atoms with van der Waals surface area (Å²) in [5, 5.41) is 17.1. The predicted octanol–water partition coefficient (Wildman–Crippen LogP) is 2.98. The van der Waals surface area contributed by atoms with E-state index in [9.17, 15) is 22.0 Å². The highest BCUT2D eigenvalue weighted by Gasteiger charge is 2.35. The second-order valence-electron chi connectivity index (χ2n) is 3.16. The average Bonchev–Trinajstić information content (AvgIpc) is 2.27. The SMILES string of the molecule is N#CCc1c(C#N)cc(C(F)(F)F)nc1C(F)F. The molecule has 0 aromatic carbocycles. The van der Waals surface area contributed by atoms with Crippen molar-refractivity contribution in [1.82, 2.24) is 4.98 Å². The summed E-state index contributed by atoms with van der Waals surface area (Å²) in [5.41, 5.74) is -3.84. The summed E-state index contributed by atoms with van der Waals surface area (Å²) in [6.45, 7) is 0. The van der Waals surface area contributed by atoms with Crippen molar-refractivity contribution in [3.8, 4) is 12.1 Å². The van der Waals surface area contributed by atoms with Gasteiger partial charge in [-0.2, -0.15) is 23.7 Å². The van der Waals surface area contributed by atoms with E-state index in [1.54, 1.807) is 0 Å². The number of pyridine rings is 1. The van der Waals surface area contributed by atoms with E-state index in [2.05, 4.69) is 4.98 Å². The van der Waals surface area contributed by atoms with Crippen molar-refractivity contribution in [2.24, 2.45) is 0 Å². The number of nitrogens with zero attached hydrogens (tertiary/aromatic N) is 3. The van der Waals surface area contributed by atoms with Crippen LogP contribution in [0.15, 0.2) is 6.07 Å². The molecule has 0 aliphatic rings. The van der Waals surface area contributed by atoms with Crippen LogP contribution in [0.3, 0.4) is 0 Å². The third-order valence-corrected chi connectivity index (χ3v) is 2.03. The smallest absolute Gasteiger partial charge is 0.242 e. The Kier molecular flexibility index (Phi) is 3.82. The minimum Gasteiger partial charge on any atom is -0.242 e. The molecular formula is C10H4F5N3. The lowest BCUT2D eigenvalue weighted by Gasteiger charge is -2.12. The van der Waals surface area contributed by atoms with Crippen LogP contribution in [0.5, 0.6) is 0 Å². The Balaban J connectivity index is 3.56. The zero-order valence-corrected chi connectivity index (χ0v) is 8.59. The zero-order chi connectivity index (χ0) is 13.9. The molecule has 18 heavy (non-hydrogen) atoms. The third-order valence-electron chi connectivity index (χ3n) is 2.03. The van der Waals surface area contributed by atoms with Crippen LogP contribution in [-0.2, 0) is 12.6 Å². The fourth-order valence-electron chi connectivity index (χ4n) is 1.28. The van der Waals surface area contributed by atoms with Crippen LogP contribution in [0.4, 0.5) is 22.0 Å². The summed E-state index contributed by atoms with van der Waals surface area (Å²) in [7, 11) is 0. The largest absolute Gasteiger partial charge is 0.433 e. The first-order valence-electron chi connectivity index (χ1n) is 4.47. The number of rotatable bonds is 2. The Bertz CT molecular complexity index is 536. The molecule has 0 fully saturated rings. The minimum absolute atomic E-state index is 0.360. The van der Waals surface area contributed by atoms with Gasteiger partial charge in [-0.05, 0) is 6.07 Å². The first kappa shape index (κ1) is 13.8. The quantitative estimate of drug-likeness (QED) is 0.769. The van der Waals surface area contributed by atoms with E-state index in [1.807, 2.05) is 0 Å². The van der Waals surface area contributed by atoms with Crippen LogP contribution in [0, 0.1) is 22.7 Å². The highest BCUT2D eigenvalue weighted by atomic mass is 19.4. The van der Waals surface area contributed by atoms with Gasteiger partial charge in [0.05, 0.1) is 24.1 Å². The standard InChI is InChI=1S/C10H4F5N3/c11-9(12)8-6(1-2-16)5(4-17)3-7(18-8)10(13,14)15/h3,9H,1H2. The third kappa shape index (κ3) is 2.72. The van der Waals surface area contributed by atoms with Crippen molar-refractivity contribution in [2.75, 3.05) is 0 Å². The molecule has 0 aliphatic carbocycles. The van der Waals surface area contributed by atoms with Crippen LogP contribution in [0.2, 0.25) is 0 Å². The Morgan fingerprint density at radius 3 is 2.28 bits per heavy atom. The molecule has 0 saturated heterocycles. The molecule has 0 spiro atoms. The predicted molar refractivity (Wildman–Crippen MR) is 48.2 cm³/mol. The van der Waals surface area contributed by atoms with Crippen molar-refractivity contribution in [3.63, 3.8) is 0 Å². The van der Waals surface area contributed by atoms with Crippen molar-refractivity contribution >= 4 is 0 Å². The fourth-order valence-corrected chi connectivity index (χ4v) is 1.28. The molecule has 94 valence electrons. The number of nitriles is 2. The van der Waals surface area contributed by atoms with E-state index in [0.717, 1.165) is 0 Å². The summed E-state index contributed by atoms with van der Waals surface area (Å²) >= 11 is 0. The summed E-state index contributed by atoms with van der Waals surface area (Å²) in [4.78, 5) is 2.79. The highest BCUT2D eigenvalue weighted by molar-refractivity contribution is 5.43. The molecule has 1 heterocycles. The zero-order valence-electron chi connectivity index (χ0n) is 8.59. The fraction of sp³-hybridized carbons (Fsp3) is 0.300. The van der Waals surface area contributed by atoms with Crippen LogP contribution >= 0.6 is 0 Å². The Labute approximate surface area is 98.1 Å². The second-order valence-corrected chi connectivity index (χ2v) is 3.16. The summed E-state index contributed by atoms with van der Waals surface area (Å²) in [5.74, 6) is 0. The minimum atomic E-state index is -4.93. The van der Waals surface area contributed by atoms with Gasteiger partial charge in [0.15, 0.2) is 0 Å². The molecule has 0 unspecified atom stereocenters. The van der Waals surface area contributed by atoms with Crippen molar-refractivity contribution in [3.05, 3.63) is 28.6 Å². The molecule has 0 amide bonds. The van der Waals surface area contributed by atoms with Gasteiger partial charge in [-0.3, -0.25) is 0 Å². The van der Waals surface area contributed by atoms with Gasteiger partial charge in [0.2, 0.25) is 0 Å². The molecule has 0 radical (unpaired) electrons. The van der Waals surface area contributed by atoms with Crippen LogP contribution in [0.25, 0.3) is 0 Å². The molecule has 0 atom stereocenters. The maximum Gasteiger partial charge on any atom is 0.433 e. The maximum absolute atomic E-state index is 12.6. The molecule has 3 nitrogen and oxygen atoms in total. The van der Waals surface area contributed by atoms with Gasteiger partial charge < -0.3 is 0 Å². The molecule has 1 aromatic heterocycles. The van der Waals surface area contributed by atoms with E-state index >= 15 is 0 Å². The van der Waals surface area contributed by atoms with E-state index in [1.165, 1.54) is 12.1 Å². The molecule has 1 aromatic rings. The lowest BCUT2D eigenvalue weighted by molar-refractivity contribution is -0.141. The van der Waals surface area contributed by atoms with Gasteiger partial charge in [-0.25, -0.2) is 13.8 Å². The van der Waals surface area contributed by atoms with E-state index in [0.29, 0.717) is 6.07 Å². The molecule has 8 heteroatoms. The summed E-state index contributed by atoms with van der Waals surface area (Å²) < 4.78 is 62.3. The Hall–Kier alpha value is -2.22. The van der Waals surface area contributed by atoms with Crippen LogP contribution < -0.4 is 0 Å². The maximum atomic E-state index is 12.6.